The largest absolute Gasteiger partial charge is 0.313 e. The van der Waals surface area contributed by atoms with E-state index >= 15 is 0 Å². The topological polar surface area (TPSA) is 151 Å². The van der Waals surface area contributed by atoms with E-state index in [-0.39, 0.29) is 28.3 Å². The van der Waals surface area contributed by atoms with Gasteiger partial charge < -0.3 is 10.2 Å². The third-order valence-corrected chi connectivity index (χ3v) is 6.71. The minimum atomic E-state index is -3.50. The summed E-state index contributed by atoms with van der Waals surface area (Å²) in [5, 5.41) is 18.4. The quantitative estimate of drug-likeness (QED) is 0.228. The number of hydrogen-bond donors (Lipinski definition) is 4. The molecule has 0 aliphatic heterocycles. The lowest BCUT2D eigenvalue weighted by atomic mass is 10.1. The minimum absolute atomic E-state index is 0.0362. The average molecular weight is 494 g/mol. The van der Waals surface area contributed by atoms with E-state index in [0.29, 0.717) is 5.69 Å². The van der Waals surface area contributed by atoms with Gasteiger partial charge in [-0.2, -0.15) is 0 Å². The third-order valence-electron chi connectivity index (χ3n) is 5.28. The Morgan fingerprint density at radius 2 is 1.91 bits per heavy atom. The van der Waals surface area contributed by atoms with Gasteiger partial charge in [-0.1, -0.05) is 24.8 Å². The van der Waals surface area contributed by atoms with Crippen molar-refractivity contribution in [3.63, 3.8) is 0 Å². The molecular weight excluding hydrogens is 466 g/mol. The van der Waals surface area contributed by atoms with Crippen LogP contribution in [0.2, 0.25) is 0 Å². The summed E-state index contributed by atoms with van der Waals surface area (Å²) in [6.45, 7) is 5.51. The predicted octanol–water partition coefficient (Wildman–Crippen LogP) is 3.01. The Morgan fingerprint density at radius 1 is 1.23 bits per heavy atom. The van der Waals surface area contributed by atoms with Crippen molar-refractivity contribution in [1.29, 1.82) is 10.8 Å². The maximum absolute atomic E-state index is 12.5. The second kappa shape index (κ2) is 11.0. The van der Waals surface area contributed by atoms with Gasteiger partial charge in [-0.15, -0.1) is 0 Å². The number of carbonyl (C=O) groups excluding carboxylic acids is 1. The average Bonchev–Trinajstić information content (AvgIpc) is 3.69. The molecule has 0 radical (unpaired) electrons. The van der Waals surface area contributed by atoms with E-state index in [1.54, 1.807) is 41.3 Å². The normalized spacial score (nSPS) is 13.9. The first-order chi connectivity index (χ1) is 16.7. The Labute approximate surface area is 204 Å². The molecule has 0 atom stereocenters. The summed E-state index contributed by atoms with van der Waals surface area (Å²) >= 11 is 0. The zero-order chi connectivity index (χ0) is 25.6. The van der Waals surface area contributed by atoms with Gasteiger partial charge in [0.1, 0.15) is 17.2 Å². The summed E-state index contributed by atoms with van der Waals surface area (Å²) in [6, 6.07) is 11.5. The van der Waals surface area contributed by atoms with Crippen LogP contribution in [0.15, 0.2) is 70.7 Å². The van der Waals surface area contributed by atoms with Gasteiger partial charge in [0.05, 0.1) is 11.2 Å². The lowest BCUT2D eigenvalue weighted by Crippen LogP contribution is -2.32. The summed E-state index contributed by atoms with van der Waals surface area (Å²) in [5.74, 6) is -0.193. The second-order valence-electron chi connectivity index (χ2n) is 7.78. The van der Waals surface area contributed by atoms with Crippen molar-refractivity contribution in [1.82, 2.24) is 14.6 Å². The molecule has 1 fully saturated rings. The number of nitrogens with one attached hydrogen (secondary N) is 4. The van der Waals surface area contributed by atoms with Gasteiger partial charge >= 0.3 is 0 Å². The van der Waals surface area contributed by atoms with Crippen LogP contribution in [-0.2, 0) is 14.8 Å². The highest BCUT2D eigenvalue weighted by Crippen LogP contribution is 2.27. The Balaban J connectivity index is 1.61. The van der Waals surface area contributed by atoms with Crippen molar-refractivity contribution in [3.05, 3.63) is 72.1 Å². The Kier molecular flexibility index (Phi) is 8.05. The Bertz CT molecular complexity index is 1310. The second-order valence-corrected chi connectivity index (χ2v) is 9.67. The fourth-order valence-electron chi connectivity index (χ4n) is 3.07. The van der Waals surface area contributed by atoms with Crippen LogP contribution in [-0.4, -0.2) is 55.7 Å². The smallest absolute Gasteiger partial charge is 0.274 e. The summed E-state index contributed by atoms with van der Waals surface area (Å²) in [5.41, 5.74) is 1.93. The molecule has 1 aliphatic carbocycles. The number of benzene rings is 1. The zero-order valence-corrected chi connectivity index (χ0v) is 20.3. The van der Waals surface area contributed by atoms with Crippen molar-refractivity contribution in [2.75, 3.05) is 12.4 Å². The fraction of sp³-hybridized carbons (Fsp3) is 0.208. The number of sulfonamides is 1. The van der Waals surface area contributed by atoms with E-state index in [9.17, 15) is 13.2 Å². The van der Waals surface area contributed by atoms with E-state index in [2.05, 4.69) is 26.6 Å². The van der Waals surface area contributed by atoms with Gasteiger partial charge in [0.15, 0.2) is 5.84 Å². The molecule has 2 aromatic rings. The zero-order valence-electron chi connectivity index (χ0n) is 19.4. The molecule has 1 amide bonds. The van der Waals surface area contributed by atoms with Crippen LogP contribution in [0.4, 0.5) is 5.82 Å². The van der Waals surface area contributed by atoms with Gasteiger partial charge in [-0.25, -0.2) is 18.1 Å². The SMILES string of the molecule is C=C(N=C/C=C(\C)c1ccc(S(=O)(=O)NC)cc1)C(=O)Nc1cccc(C(=N)N(C=N)C2CC2)n1. The van der Waals surface area contributed by atoms with E-state index < -0.39 is 15.9 Å². The van der Waals surface area contributed by atoms with E-state index in [0.717, 1.165) is 30.3 Å². The summed E-state index contributed by atoms with van der Waals surface area (Å²) in [6.07, 6.45) is 6.11. The molecule has 11 heteroatoms. The number of carbonyl (C=O) groups is 1. The van der Waals surface area contributed by atoms with Crippen molar-refractivity contribution in [3.8, 4) is 0 Å². The van der Waals surface area contributed by atoms with E-state index in [1.165, 1.54) is 25.4 Å². The molecule has 1 saturated carbocycles. The minimum Gasteiger partial charge on any atom is -0.313 e. The molecule has 0 saturated heterocycles. The number of amides is 1. The van der Waals surface area contributed by atoms with Crippen molar-refractivity contribution >= 4 is 45.7 Å². The molecule has 1 heterocycles. The molecule has 4 N–H and O–H groups in total. The van der Waals surface area contributed by atoms with Gasteiger partial charge in [-0.05, 0) is 68.3 Å². The summed E-state index contributed by atoms with van der Waals surface area (Å²) in [7, 11) is -2.15. The third kappa shape index (κ3) is 6.55. The highest BCUT2D eigenvalue weighted by atomic mass is 32.2. The van der Waals surface area contributed by atoms with Crippen molar-refractivity contribution in [2.45, 2.75) is 30.7 Å². The number of rotatable bonds is 10. The highest BCUT2D eigenvalue weighted by Gasteiger charge is 2.30. The Hall–Kier alpha value is -3.96. The van der Waals surface area contributed by atoms with E-state index in [1.807, 2.05) is 6.92 Å². The maximum Gasteiger partial charge on any atom is 0.274 e. The number of aromatic nitrogens is 1. The van der Waals surface area contributed by atoms with Gasteiger partial charge in [0, 0.05) is 12.3 Å². The number of hydrogen-bond acceptors (Lipinski definition) is 7. The number of aliphatic imine (C=N–C) groups is 1. The molecule has 0 unspecified atom stereocenters. The molecular formula is C24H27N7O3S. The lowest BCUT2D eigenvalue weighted by Gasteiger charge is -2.18. The fourth-order valence-corrected chi connectivity index (χ4v) is 3.80. The van der Waals surface area contributed by atoms with Crippen LogP contribution in [0, 0.1) is 10.8 Å². The summed E-state index contributed by atoms with van der Waals surface area (Å²) < 4.78 is 25.9. The maximum atomic E-state index is 12.5. The van der Waals surface area contributed by atoms with Crippen molar-refractivity contribution < 1.29 is 13.2 Å². The predicted molar refractivity (Wildman–Crippen MR) is 137 cm³/mol. The van der Waals surface area contributed by atoms with Crippen LogP contribution in [0.3, 0.4) is 0 Å². The molecule has 1 aliphatic rings. The molecule has 0 bridgehead atoms. The van der Waals surface area contributed by atoms with Crippen LogP contribution < -0.4 is 10.0 Å². The molecule has 35 heavy (non-hydrogen) atoms. The number of allylic oxidation sites excluding steroid dienone is 2. The lowest BCUT2D eigenvalue weighted by molar-refractivity contribution is -0.112. The number of anilines is 1. The molecule has 0 spiro atoms. The van der Waals surface area contributed by atoms with Crippen LogP contribution in [0.25, 0.3) is 5.57 Å². The van der Waals surface area contributed by atoms with Crippen LogP contribution in [0.5, 0.6) is 0 Å². The van der Waals surface area contributed by atoms with E-state index in [4.69, 9.17) is 10.8 Å². The molecule has 182 valence electrons. The molecule has 10 nitrogen and oxygen atoms in total. The van der Waals surface area contributed by atoms with Crippen LogP contribution in [0.1, 0.15) is 31.0 Å². The first-order valence-corrected chi connectivity index (χ1v) is 12.2. The van der Waals surface area contributed by atoms with Gasteiger partial charge in [0.25, 0.3) is 5.91 Å². The molecule has 1 aromatic heterocycles. The first-order valence-electron chi connectivity index (χ1n) is 10.8. The molecule has 3 rings (SSSR count). The first kappa shape index (κ1) is 25.7. The van der Waals surface area contributed by atoms with Crippen LogP contribution >= 0.6 is 0 Å². The summed E-state index contributed by atoms with van der Waals surface area (Å²) in [4.78, 5) is 22.5. The van der Waals surface area contributed by atoms with Gasteiger partial charge in [-0.3, -0.25) is 20.6 Å². The number of amidine groups is 1. The number of nitrogens with zero attached hydrogens (tertiary/aromatic N) is 3. The number of pyridine rings is 1. The molecule has 1 aromatic carbocycles. The monoisotopic (exact) mass is 493 g/mol. The van der Waals surface area contributed by atoms with Gasteiger partial charge in [0.2, 0.25) is 10.0 Å². The standard InChI is InChI=1S/C24H27N7O3S/c1-16(18-7-11-20(12-8-18)35(33,34)27-3)13-14-28-17(2)24(32)30-22-6-4-5-21(29-22)23(26)31(15-25)19-9-10-19/h4-8,11-15,19,25-27H,2,9-10H2,1,3H3,(H,29,30,32)/b16-13+,25-15?,26-23?,28-14?. The Morgan fingerprint density at radius 3 is 2.51 bits per heavy atom. The van der Waals surface area contributed by atoms with Crippen molar-refractivity contribution in [2.24, 2.45) is 4.99 Å². The highest BCUT2D eigenvalue weighted by molar-refractivity contribution is 7.89.